The van der Waals surface area contributed by atoms with Crippen LogP contribution in [-0.4, -0.2) is 34.2 Å². The molecule has 0 unspecified atom stereocenters. The summed E-state index contributed by atoms with van der Waals surface area (Å²) in [6.45, 7) is 5.35. The second kappa shape index (κ2) is 8.68. The maximum Gasteiger partial charge on any atom is 0.131 e. The third kappa shape index (κ3) is 7.22. The normalized spacial score (nSPS) is 11.5. The average molecular weight is 332 g/mol. The Morgan fingerprint density at radius 3 is 0.857 bits per heavy atom. The Balaban J connectivity index is 0. The molecule has 0 aromatic heterocycles. The fourth-order valence-corrected chi connectivity index (χ4v) is 2.61. The van der Waals surface area contributed by atoms with Crippen molar-refractivity contribution in [1.82, 2.24) is 0 Å². The predicted octanol–water partition coefficient (Wildman–Crippen LogP) is 0.295. The van der Waals surface area contributed by atoms with Crippen molar-refractivity contribution in [3.63, 3.8) is 0 Å². The second-order valence-electron chi connectivity index (χ2n) is 5.83. The van der Waals surface area contributed by atoms with Crippen LogP contribution in [0.3, 0.4) is 0 Å². The maximum atomic E-state index is 11.4. The number of carbonyl (C=O) groups excluding carboxylic acids is 4. The summed E-state index contributed by atoms with van der Waals surface area (Å²) in [5.74, 6) is -0.960. The summed E-state index contributed by atoms with van der Waals surface area (Å²) in [6, 6.07) is 0. The smallest absolute Gasteiger partial charge is 0.131 e. The summed E-state index contributed by atoms with van der Waals surface area (Å²) in [4.78, 5) is 45.8. The minimum Gasteiger partial charge on any atom is -0.323 e. The van der Waals surface area contributed by atoms with Crippen LogP contribution in [0.5, 0.6) is 0 Å². The van der Waals surface area contributed by atoms with E-state index in [9.17, 15) is 19.2 Å². The third-order valence-corrected chi connectivity index (χ3v) is 3.25. The van der Waals surface area contributed by atoms with Gasteiger partial charge in [-0.1, -0.05) is 0 Å². The van der Waals surface area contributed by atoms with Gasteiger partial charge in [-0.3, -0.25) is 19.2 Å². The quantitative estimate of drug-likeness (QED) is 0.586. The molecule has 0 atom stereocenters. The molecule has 21 heavy (non-hydrogen) atoms. The fraction of sp³-hybridized carbons (Fsp3) is 0.714. The first-order valence-corrected chi connectivity index (χ1v) is 6.47. The van der Waals surface area contributed by atoms with Gasteiger partial charge in [-0.25, -0.2) is 0 Å². The van der Waals surface area contributed by atoms with Crippen LogP contribution in [0.2, 0.25) is 0 Å². The summed E-state index contributed by atoms with van der Waals surface area (Å²) in [5.41, 5.74) is 9.61. The van der Waals surface area contributed by atoms with E-state index >= 15 is 0 Å². The van der Waals surface area contributed by atoms with Gasteiger partial charge in [0.25, 0.3) is 0 Å². The van der Waals surface area contributed by atoms with Crippen molar-refractivity contribution in [3.05, 3.63) is 0 Å². The van der Waals surface area contributed by atoms with Gasteiger partial charge in [0.15, 0.2) is 0 Å². The van der Waals surface area contributed by atoms with E-state index in [4.69, 9.17) is 11.5 Å². The molecule has 0 aromatic rings. The summed E-state index contributed by atoms with van der Waals surface area (Å²) in [7, 11) is 0. The van der Waals surface area contributed by atoms with Crippen molar-refractivity contribution in [1.29, 1.82) is 0 Å². The molecule has 0 radical (unpaired) electrons. The molecule has 7 heteroatoms. The van der Waals surface area contributed by atoms with Gasteiger partial charge in [-0.05, 0) is 27.7 Å². The number of hydrogen-bond donors (Lipinski definition) is 2. The van der Waals surface area contributed by atoms with Crippen LogP contribution in [0.25, 0.3) is 0 Å². The molecule has 0 spiro atoms. The van der Waals surface area contributed by atoms with Gasteiger partial charge in [0.2, 0.25) is 0 Å². The number of ketones is 4. The third-order valence-electron chi connectivity index (χ3n) is 3.25. The first-order chi connectivity index (χ1) is 8.92. The predicted molar refractivity (Wildman–Crippen MR) is 75.0 cm³/mol. The van der Waals surface area contributed by atoms with Crippen LogP contribution in [0.1, 0.15) is 53.4 Å². The molecule has 0 bridgehead atoms. The molecule has 0 aliphatic rings. The number of hydrogen-bond acceptors (Lipinski definition) is 6. The van der Waals surface area contributed by atoms with E-state index in [1.54, 1.807) is 0 Å². The minimum atomic E-state index is -1.40. The standard InChI is InChI=1S/C14H24N2O4.Ti/c1-9(17)5-13(15,6-10(2)18)14(16,7-11(3)19)8-12(4)20;/h5-8,15-16H2,1-4H3;. The van der Waals surface area contributed by atoms with Gasteiger partial charge in [0, 0.05) is 58.5 Å². The van der Waals surface area contributed by atoms with E-state index in [1.165, 1.54) is 27.7 Å². The largest absolute Gasteiger partial charge is 0.323 e. The molecule has 0 fully saturated rings. The molecule has 0 aliphatic carbocycles. The summed E-state index contributed by atoms with van der Waals surface area (Å²) < 4.78 is 0. The van der Waals surface area contributed by atoms with E-state index in [0.29, 0.717) is 0 Å². The zero-order chi connectivity index (χ0) is 16.1. The number of nitrogens with two attached hydrogens (primary N) is 2. The molecular formula is C14H24N2O4Ti. The maximum absolute atomic E-state index is 11.4. The Hall–Kier alpha value is -0.686. The van der Waals surface area contributed by atoms with Gasteiger partial charge in [-0.2, -0.15) is 0 Å². The topological polar surface area (TPSA) is 120 Å². The van der Waals surface area contributed by atoms with Gasteiger partial charge in [0.1, 0.15) is 23.1 Å². The van der Waals surface area contributed by atoms with Crippen molar-refractivity contribution in [2.75, 3.05) is 0 Å². The first-order valence-electron chi connectivity index (χ1n) is 6.47. The van der Waals surface area contributed by atoms with Crippen LogP contribution < -0.4 is 11.5 Å². The molecule has 0 rings (SSSR count). The van der Waals surface area contributed by atoms with Crippen LogP contribution in [-0.2, 0) is 40.9 Å². The molecule has 0 saturated heterocycles. The van der Waals surface area contributed by atoms with Gasteiger partial charge in [-0.15, -0.1) is 0 Å². The van der Waals surface area contributed by atoms with Crippen molar-refractivity contribution in [2.45, 2.75) is 64.5 Å². The molecule has 0 saturated carbocycles. The van der Waals surface area contributed by atoms with Crippen molar-refractivity contribution in [2.24, 2.45) is 11.5 Å². The Morgan fingerprint density at radius 1 is 0.619 bits per heavy atom. The molecular weight excluding hydrogens is 308 g/mol. The van der Waals surface area contributed by atoms with Gasteiger partial charge < -0.3 is 11.5 Å². The first kappa shape index (κ1) is 22.6. The van der Waals surface area contributed by atoms with Crippen molar-refractivity contribution >= 4 is 23.1 Å². The van der Waals surface area contributed by atoms with E-state index in [1.807, 2.05) is 0 Å². The summed E-state index contributed by atoms with van der Waals surface area (Å²) >= 11 is 0. The molecule has 0 heterocycles. The zero-order valence-corrected chi connectivity index (χ0v) is 14.7. The van der Waals surface area contributed by atoms with Crippen LogP contribution >= 0.6 is 0 Å². The SMILES string of the molecule is CC(=O)CC(N)(CC(C)=O)C(N)(CC(C)=O)CC(C)=O.[Ti]. The van der Waals surface area contributed by atoms with E-state index < -0.39 is 11.1 Å². The molecule has 0 amide bonds. The van der Waals surface area contributed by atoms with E-state index in [0.717, 1.165) is 0 Å². The monoisotopic (exact) mass is 332 g/mol. The average Bonchev–Trinajstić information content (AvgIpc) is 2.10. The van der Waals surface area contributed by atoms with E-state index in [-0.39, 0.29) is 70.5 Å². The summed E-state index contributed by atoms with van der Waals surface area (Å²) in [5, 5.41) is 0. The molecule has 6 nitrogen and oxygen atoms in total. The van der Waals surface area contributed by atoms with Crippen LogP contribution in [0, 0.1) is 0 Å². The van der Waals surface area contributed by atoms with Crippen LogP contribution in [0.15, 0.2) is 0 Å². The van der Waals surface area contributed by atoms with E-state index in [2.05, 4.69) is 0 Å². The van der Waals surface area contributed by atoms with Gasteiger partial charge >= 0.3 is 0 Å². The Bertz CT molecular complexity index is 363. The molecule has 118 valence electrons. The summed E-state index contributed by atoms with van der Waals surface area (Å²) in [6.07, 6.45) is -0.597. The number of carbonyl (C=O) groups is 4. The molecule has 4 N–H and O–H groups in total. The molecule has 0 aromatic carbocycles. The van der Waals surface area contributed by atoms with Gasteiger partial charge in [0.05, 0.1) is 0 Å². The van der Waals surface area contributed by atoms with Crippen molar-refractivity contribution < 1.29 is 40.9 Å². The number of rotatable bonds is 9. The number of Topliss-reactive ketones (excluding diaryl/α,β-unsaturated/α-hetero) is 4. The second-order valence-corrected chi connectivity index (χ2v) is 5.83. The Labute approximate surface area is 140 Å². The fourth-order valence-electron chi connectivity index (χ4n) is 2.61. The van der Waals surface area contributed by atoms with Crippen molar-refractivity contribution in [3.8, 4) is 0 Å². The zero-order valence-electron chi connectivity index (χ0n) is 13.1. The Morgan fingerprint density at radius 2 is 0.762 bits per heavy atom. The minimum absolute atomic E-state index is 0. The molecule has 0 aliphatic heterocycles. The van der Waals surface area contributed by atoms with Crippen LogP contribution in [0.4, 0.5) is 0 Å². The Kier molecular flexibility index (Phi) is 9.34.